The highest BCUT2D eigenvalue weighted by molar-refractivity contribution is 14.1. The van der Waals surface area contributed by atoms with Gasteiger partial charge in [0.05, 0.1) is 20.3 Å². The van der Waals surface area contributed by atoms with Crippen LogP contribution >= 0.6 is 22.6 Å². The Morgan fingerprint density at radius 3 is 2.57 bits per heavy atom. The summed E-state index contributed by atoms with van der Waals surface area (Å²) < 4.78 is 0.782. The summed E-state index contributed by atoms with van der Waals surface area (Å²) in [5, 5.41) is 15.4. The quantitative estimate of drug-likeness (QED) is 0.358. The molecule has 3 aromatic rings. The van der Waals surface area contributed by atoms with Crippen molar-refractivity contribution in [2.45, 2.75) is 6.61 Å². The summed E-state index contributed by atoms with van der Waals surface area (Å²) >= 11 is 2.09. The maximum Gasteiger partial charge on any atom is 0.278 e. The first-order chi connectivity index (χ1) is 11.2. The maximum atomic E-state index is 11.3. The lowest BCUT2D eigenvalue weighted by atomic mass is 10.1. The highest BCUT2D eigenvalue weighted by atomic mass is 127. The lowest BCUT2D eigenvalue weighted by Crippen LogP contribution is -2.14. The van der Waals surface area contributed by atoms with E-state index in [1.165, 1.54) is 10.9 Å². The van der Waals surface area contributed by atoms with Crippen LogP contribution in [0.2, 0.25) is 0 Å². The summed E-state index contributed by atoms with van der Waals surface area (Å²) in [7, 11) is 0. The molecule has 0 bridgehead atoms. The van der Waals surface area contributed by atoms with Gasteiger partial charge in [-0.1, -0.05) is 47.3 Å². The first-order valence-corrected chi connectivity index (χ1v) is 7.89. The highest BCUT2D eigenvalue weighted by Crippen LogP contribution is 2.32. The molecule has 0 unspecified atom stereocenters. The van der Waals surface area contributed by atoms with Gasteiger partial charge in [0.25, 0.3) is 5.69 Å². The van der Waals surface area contributed by atoms with Crippen LogP contribution in [0, 0.1) is 13.7 Å². The summed E-state index contributed by atoms with van der Waals surface area (Å²) in [6.45, 7) is 0.326. The van der Waals surface area contributed by atoms with Gasteiger partial charge in [0.1, 0.15) is 12.3 Å². The Hall–Kier alpha value is -2.42. The Bertz CT molecular complexity index is 834. The maximum absolute atomic E-state index is 11.3. The summed E-state index contributed by atoms with van der Waals surface area (Å²) in [6.07, 6.45) is 1.62. The van der Waals surface area contributed by atoms with E-state index < -0.39 is 4.92 Å². The minimum atomic E-state index is -0.403. The third kappa shape index (κ3) is 3.34. The van der Waals surface area contributed by atoms with Crippen molar-refractivity contribution in [3.63, 3.8) is 0 Å². The summed E-state index contributed by atoms with van der Waals surface area (Å²) in [4.78, 5) is 17.9. The summed E-state index contributed by atoms with van der Waals surface area (Å²) in [6, 6.07) is 16.2. The Morgan fingerprint density at radius 2 is 1.83 bits per heavy atom. The molecule has 7 heteroatoms. The van der Waals surface area contributed by atoms with Crippen LogP contribution in [0.3, 0.4) is 0 Å². The fourth-order valence-corrected chi connectivity index (χ4v) is 2.81. The molecule has 0 fully saturated rings. The van der Waals surface area contributed by atoms with Gasteiger partial charge in [0.15, 0.2) is 0 Å². The monoisotopic (exact) mass is 421 g/mol. The molecule has 2 aromatic carbocycles. The van der Waals surface area contributed by atoms with Crippen LogP contribution in [0.5, 0.6) is 0 Å². The van der Waals surface area contributed by atoms with Gasteiger partial charge < -0.3 is 4.84 Å². The second-order valence-electron chi connectivity index (χ2n) is 4.75. The van der Waals surface area contributed by atoms with Crippen molar-refractivity contribution < 1.29 is 9.76 Å². The number of hydrogen-bond acceptors (Lipinski definition) is 4. The number of aromatic nitrogens is 2. The van der Waals surface area contributed by atoms with E-state index in [1.54, 1.807) is 24.4 Å². The highest BCUT2D eigenvalue weighted by Gasteiger charge is 2.21. The van der Waals surface area contributed by atoms with E-state index in [-0.39, 0.29) is 5.69 Å². The van der Waals surface area contributed by atoms with Gasteiger partial charge >= 0.3 is 0 Å². The van der Waals surface area contributed by atoms with E-state index in [9.17, 15) is 10.1 Å². The standard InChI is InChI=1S/C16H12IN3O3/c17-14-10-18-19(23-11-12-6-2-1-3-7-12)16(14)13-8-4-5-9-15(13)20(21)22/h1-10H,11H2. The van der Waals surface area contributed by atoms with Crippen LogP contribution in [0.25, 0.3) is 11.3 Å². The number of nitro benzene ring substituents is 1. The molecule has 0 N–H and O–H groups in total. The molecule has 1 heterocycles. The molecule has 23 heavy (non-hydrogen) atoms. The zero-order valence-electron chi connectivity index (χ0n) is 11.9. The number of nitrogens with zero attached hydrogens (tertiary/aromatic N) is 3. The van der Waals surface area contributed by atoms with Crippen molar-refractivity contribution in [2.24, 2.45) is 0 Å². The van der Waals surface area contributed by atoms with Crippen LogP contribution < -0.4 is 4.84 Å². The first-order valence-electron chi connectivity index (χ1n) is 6.81. The number of hydrogen-bond donors (Lipinski definition) is 0. The Kier molecular flexibility index (Phi) is 4.56. The third-order valence-electron chi connectivity index (χ3n) is 3.25. The topological polar surface area (TPSA) is 70.2 Å². The molecule has 0 aliphatic heterocycles. The van der Waals surface area contributed by atoms with Gasteiger partial charge in [0.2, 0.25) is 0 Å². The minimum absolute atomic E-state index is 0.0236. The second kappa shape index (κ2) is 6.78. The second-order valence-corrected chi connectivity index (χ2v) is 5.91. The third-order valence-corrected chi connectivity index (χ3v) is 4.04. The van der Waals surface area contributed by atoms with Crippen LogP contribution in [0.15, 0.2) is 60.8 Å². The summed E-state index contributed by atoms with van der Waals surface area (Å²) in [5.74, 6) is 0. The summed E-state index contributed by atoms with van der Waals surface area (Å²) in [5.41, 5.74) is 2.07. The number of benzene rings is 2. The molecule has 0 atom stereocenters. The lowest BCUT2D eigenvalue weighted by molar-refractivity contribution is -0.384. The van der Waals surface area contributed by atoms with Crippen molar-refractivity contribution in [3.05, 3.63) is 80.0 Å². The van der Waals surface area contributed by atoms with Crippen LogP contribution in [-0.4, -0.2) is 14.9 Å². The van der Waals surface area contributed by atoms with E-state index in [0.717, 1.165) is 9.13 Å². The predicted octanol–water partition coefficient (Wildman–Crippen LogP) is 3.69. The normalized spacial score (nSPS) is 10.5. The number of para-hydroxylation sites is 1. The van der Waals surface area contributed by atoms with Gasteiger partial charge in [0, 0.05) is 6.07 Å². The molecule has 0 amide bonds. The Morgan fingerprint density at radius 1 is 1.13 bits per heavy atom. The van der Waals surface area contributed by atoms with Crippen molar-refractivity contribution in [2.75, 3.05) is 0 Å². The lowest BCUT2D eigenvalue weighted by Gasteiger charge is -2.10. The molecule has 1 aromatic heterocycles. The molecule has 6 nitrogen and oxygen atoms in total. The Balaban J connectivity index is 1.95. The largest absolute Gasteiger partial charge is 0.391 e. The molecule has 0 spiro atoms. The number of nitro groups is 1. The van der Waals surface area contributed by atoms with Crippen molar-refractivity contribution in [3.8, 4) is 11.3 Å². The first kappa shape index (κ1) is 15.5. The minimum Gasteiger partial charge on any atom is -0.391 e. The SMILES string of the molecule is O=[N+]([O-])c1ccccc1-c1c(I)cnn1OCc1ccccc1. The molecule has 0 saturated heterocycles. The van der Waals surface area contributed by atoms with Gasteiger partial charge in [-0.25, -0.2) is 0 Å². The van der Waals surface area contributed by atoms with E-state index in [0.29, 0.717) is 17.9 Å². The smallest absolute Gasteiger partial charge is 0.278 e. The molecule has 116 valence electrons. The Labute approximate surface area is 146 Å². The van der Waals surface area contributed by atoms with Crippen molar-refractivity contribution in [1.29, 1.82) is 0 Å². The zero-order valence-corrected chi connectivity index (χ0v) is 14.1. The number of rotatable bonds is 5. The van der Waals surface area contributed by atoms with Crippen LogP contribution in [0.1, 0.15) is 5.56 Å². The van der Waals surface area contributed by atoms with E-state index >= 15 is 0 Å². The van der Waals surface area contributed by atoms with E-state index in [2.05, 4.69) is 27.7 Å². The molecule has 0 radical (unpaired) electrons. The molecule has 0 aliphatic rings. The molecule has 0 saturated carbocycles. The van der Waals surface area contributed by atoms with Gasteiger partial charge in [-0.05, 0) is 34.2 Å². The van der Waals surface area contributed by atoms with Crippen molar-refractivity contribution in [1.82, 2.24) is 9.94 Å². The zero-order chi connectivity index (χ0) is 16.2. The molecule has 0 aliphatic carbocycles. The van der Waals surface area contributed by atoms with Crippen molar-refractivity contribution >= 4 is 28.3 Å². The van der Waals surface area contributed by atoms with E-state index in [4.69, 9.17) is 4.84 Å². The van der Waals surface area contributed by atoms with Crippen LogP contribution in [-0.2, 0) is 6.61 Å². The fraction of sp³-hybridized carbons (Fsp3) is 0.0625. The average Bonchev–Trinajstić information content (AvgIpc) is 2.94. The fourth-order valence-electron chi connectivity index (χ4n) is 2.19. The molecular formula is C16H12IN3O3. The molecular weight excluding hydrogens is 409 g/mol. The van der Waals surface area contributed by atoms with Gasteiger partial charge in [-0.2, -0.15) is 0 Å². The predicted molar refractivity (Wildman–Crippen MR) is 93.8 cm³/mol. The molecule has 3 rings (SSSR count). The van der Waals surface area contributed by atoms with Gasteiger partial charge in [-0.15, -0.1) is 5.10 Å². The average molecular weight is 421 g/mol. The van der Waals surface area contributed by atoms with Gasteiger partial charge in [-0.3, -0.25) is 10.1 Å². The number of halogens is 1. The van der Waals surface area contributed by atoms with Crippen LogP contribution in [0.4, 0.5) is 5.69 Å². The van der Waals surface area contributed by atoms with E-state index in [1.807, 2.05) is 30.3 Å².